The van der Waals surface area contributed by atoms with E-state index in [4.69, 9.17) is 11.6 Å². The Morgan fingerprint density at radius 1 is 0.938 bits per heavy atom. The molecule has 3 rings (SSSR count). The Morgan fingerprint density at radius 3 is 2.22 bits per heavy atom. The SMILES string of the molecule is CCc1ccc(C(=O)NCCCN(C(=O)Nc2ccc(Cl)cc2)c2ccc(F)cc2)cc1. The predicted octanol–water partition coefficient (Wildman–Crippen LogP) is 5.90. The van der Waals surface area contributed by atoms with E-state index < -0.39 is 0 Å². The number of anilines is 2. The molecular formula is C25H25ClFN3O2. The van der Waals surface area contributed by atoms with Crippen LogP contribution in [0.25, 0.3) is 0 Å². The molecule has 0 radical (unpaired) electrons. The van der Waals surface area contributed by atoms with Crippen molar-refractivity contribution in [2.24, 2.45) is 0 Å². The van der Waals surface area contributed by atoms with Crippen LogP contribution in [0, 0.1) is 5.82 Å². The third-order valence-corrected chi connectivity index (χ3v) is 5.20. The van der Waals surface area contributed by atoms with Crippen molar-refractivity contribution in [3.05, 3.63) is 94.8 Å². The second-order valence-electron chi connectivity index (χ2n) is 7.23. The zero-order valence-electron chi connectivity index (χ0n) is 17.8. The van der Waals surface area contributed by atoms with E-state index in [1.165, 1.54) is 22.6 Å². The van der Waals surface area contributed by atoms with Crippen LogP contribution >= 0.6 is 11.6 Å². The molecule has 3 aromatic carbocycles. The van der Waals surface area contributed by atoms with Crippen molar-refractivity contribution < 1.29 is 14.0 Å². The van der Waals surface area contributed by atoms with Crippen LogP contribution in [0.15, 0.2) is 72.8 Å². The molecule has 7 heteroatoms. The van der Waals surface area contributed by atoms with Crippen molar-refractivity contribution in [2.75, 3.05) is 23.3 Å². The third kappa shape index (κ3) is 6.56. The van der Waals surface area contributed by atoms with Crippen molar-refractivity contribution >= 4 is 34.9 Å². The van der Waals surface area contributed by atoms with Crippen LogP contribution in [0.1, 0.15) is 29.3 Å². The molecule has 3 amide bonds. The Bertz CT molecular complexity index is 1040. The maximum Gasteiger partial charge on any atom is 0.326 e. The van der Waals surface area contributed by atoms with Crippen LogP contribution < -0.4 is 15.5 Å². The Labute approximate surface area is 192 Å². The number of rotatable bonds is 8. The van der Waals surface area contributed by atoms with Crippen molar-refractivity contribution in [1.82, 2.24) is 5.32 Å². The van der Waals surface area contributed by atoms with E-state index in [1.54, 1.807) is 48.5 Å². The van der Waals surface area contributed by atoms with Gasteiger partial charge in [-0.05, 0) is 79.1 Å². The number of carbonyl (C=O) groups excluding carboxylic acids is 2. The fraction of sp³-hybridized carbons (Fsp3) is 0.200. The van der Waals surface area contributed by atoms with Gasteiger partial charge in [0.25, 0.3) is 5.91 Å². The third-order valence-electron chi connectivity index (χ3n) is 4.95. The number of urea groups is 1. The minimum atomic E-state index is -0.381. The van der Waals surface area contributed by atoms with Gasteiger partial charge in [0.05, 0.1) is 0 Å². The molecule has 2 N–H and O–H groups in total. The lowest BCUT2D eigenvalue weighted by Gasteiger charge is -2.23. The van der Waals surface area contributed by atoms with Gasteiger partial charge >= 0.3 is 6.03 Å². The van der Waals surface area contributed by atoms with E-state index in [1.807, 2.05) is 12.1 Å². The molecule has 0 heterocycles. The van der Waals surface area contributed by atoms with E-state index in [0.717, 1.165) is 6.42 Å². The fourth-order valence-corrected chi connectivity index (χ4v) is 3.25. The lowest BCUT2D eigenvalue weighted by atomic mass is 10.1. The van der Waals surface area contributed by atoms with Gasteiger partial charge in [-0.2, -0.15) is 0 Å². The summed E-state index contributed by atoms with van der Waals surface area (Å²) in [5.41, 5.74) is 2.91. The molecule has 0 aromatic heterocycles. The molecule has 5 nitrogen and oxygen atoms in total. The van der Waals surface area contributed by atoms with Crippen LogP contribution in [0.5, 0.6) is 0 Å². The number of halogens is 2. The maximum atomic E-state index is 13.4. The molecule has 3 aromatic rings. The first-order valence-corrected chi connectivity index (χ1v) is 10.8. The summed E-state index contributed by atoms with van der Waals surface area (Å²) in [5.74, 6) is -0.542. The summed E-state index contributed by atoms with van der Waals surface area (Å²) in [5, 5.41) is 6.26. The Hall–Kier alpha value is -3.38. The first-order chi connectivity index (χ1) is 15.5. The molecule has 0 unspecified atom stereocenters. The van der Waals surface area contributed by atoms with Crippen molar-refractivity contribution in [2.45, 2.75) is 19.8 Å². The van der Waals surface area contributed by atoms with Gasteiger partial charge in [0.1, 0.15) is 5.82 Å². The highest BCUT2D eigenvalue weighted by atomic mass is 35.5. The average molecular weight is 454 g/mol. The molecule has 0 bridgehead atoms. The molecule has 0 atom stereocenters. The Morgan fingerprint density at radius 2 is 1.59 bits per heavy atom. The molecule has 0 saturated carbocycles. The van der Waals surface area contributed by atoms with Gasteiger partial charge in [-0.25, -0.2) is 9.18 Å². The second-order valence-corrected chi connectivity index (χ2v) is 7.66. The fourth-order valence-electron chi connectivity index (χ4n) is 3.13. The molecule has 0 aliphatic carbocycles. The molecule has 166 valence electrons. The van der Waals surface area contributed by atoms with E-state index in [9.17, 15) is 14.0 Å². The summed E-state index contributed by atoms with van der Waals surface area (Å²) < 4.78 is 13.4. The number of hydrogen-bond acceptors (Lipinski definition) is 2. The van der Waals surface area contributed by atoms with E-state index in [0.29, 0.717) is 41.5 Å². The van der Waals surface area contributed by atoms with Crippen LogP contribution in [0.4, 0.5) is 20.6 Å². The number of amides is 3. The first kappa shape index (κ1) is 23.3. The predicted molar refractivity (Wildman–Crippen MR) is 127 cm³/mol. The molecular weight excluding hydrogens is 429 g/mol. The number of nitrogens with zero attached hydrogens (tertiary/aromatic N) is 1. The zero-order chi connectivity index (χ0) is 22.9. The van der Waals surface area contributed by atoms with E-state index in [2.05, 4.69) is 17.6 Å². The second kappa shape index (κ2) is 11.3. The molecule has 32 heavy (non-hydrogen) atoms. The van der Waals surface area contributed by atoms with Crippen molar-refractivity contribution in [3.63, 3.8) is 0 Å². The standard InChI is InChI=1S/C25H25ClFN3O2/c1-2-18-4-6-19(7-5-18)24(31)28-16-3-17-30(23-14-10-21(27)11-15-23)25(32)29-22-12-8-20(26)9-13-22/h4-15H,2-3,16-17H2,1H3,(H,28,31)(H,29,32). The average Bonchev–Trinajstić information content (AvgIpc) is 2.81. The quantitative estimate of drug-likeness (QED) is 0.417. The number of aryl methyl sites for hydroxylation is 1. The van der Waals surface area contributed by atoms with Gasteiger partial charge in [0.2, 0.25) is 0 Å². The van der Waals surface area contributed by atoms with E-state index >= 15 is 0 Å². The van der Waals surface area contributed by atoms with Crippen LogP contribution in [0.3, 0.4) is 0 Å². The zero-order valence-corrected chi connectivity index (χ0v) is 18.5. The van der Waals surface area contributed by atoms with Crippen LogP contribution in [0.2, 0.25) is 5.02 Å². The first-order valence-electron chi connectivity index (χ1n) is 10.4. The number of benzene rings is 3. The molecule has 0 aliphatic rings. The topological polar surface area (TPSA) is 61.4 Å². The van der Waals surface area contributed by atoms with Gasteiger partial charge in [-0.15, -0.1) is 0 Å². The number of hydrogen-bond donors (Lipinski definition) is 2. The van der Waals surface area contributed by atoms with Crippen molar-refractivity contribution in [3.8, 4) is 0 Å². The van der Waals surface area contributed by atoms with Gasteiger partial charge < -0.3 is 10.6 Å². The summed E-state index contributed by atoms with van der Waals surface area (Å²) in [7, 11) is 0. The normalized spacial score (nSPS) is 10.5. The van der Waals surface area contributed by atoms with Gasteiger partial charge in [-0.1, -0.05) is 30.7 Å². The lowest BCUT2D eigenvalue weighted by Crippen LogP contribution is -2.37. The summed E-state index contributed by atoms with van der Waals surface area (Å²) in [6, 6.07) is 19.6. The molecule has 0 aliphatic heterocycles. The highest BCUT2D eigenvalue weighted by Crippen LogP contribution is 2.19. The Balaban J connectivity index is 1.60. The largest absolute Gasteiger partial charge is 0.352 e. The monoisotopic (exact) mass is 453 g/mol. The summed E-state index contributed by atoms with van der Waals surface area (Å²) >= 11 is 5.90. The minimum Gasteiger partial charge on any atom is -0.352 e. The lowest BCUT2D eigenvalue weighted by molar-refractivity contribution is 0.0953. The summed E-state index contributed by atoms with van der Waals surface area (Å²) in [4.78, 5) is 26.7. The molecule has 0 saturated heterocycles. The smallest absolute Gasteiger partial charge is 0.326 e. The van der Waals surface area contributed by atoms with Gasteiger partial charge in [0, 0.05) is 35.1 Å². The van der Waals surface area contributed by atoms with E-state index in [-0.39, 0.29) is 17.8 Å². The van der Waals surface area contributed by atoms with Crippen LogP contribution in [-0.2, 0) is 6.42 Å². The van der Waals surface area contributed by atoms with Gasteiger partial charge in [0.15, 0.2) is 0 Å². The molecule has 0 fully saturated rings. The Kier molecular flexibility index (Phi) is 8.22. The van der Waals surface area contributed by atoms with Gasteiger partial charge in [-0.3, -0.25) is 9.69 Å². The maximum absolute atomic E-state index is 13.4. The van der Waals surface area contributed by atoms with Crippen LogP contribution in [-0.4, -0.2) is 25.0 Å². The summed E-state index contributed by atoms with van der Waals surface area (Å²) in [6.45, 7) is 2.78. The minimum absolute atomic E-state index is 0.161. The number of carbonyl (C=O) groups is 2. The van der Waals surface area contributed by atoms with Crippen molar-refractivity contribution in [1.29, 1.82) is 0 Å². The highest BCUT2D eigenvalue weighted by Gasteiger charge is 2.16. The number of nitrogens with one attached hydrogen (secondary N) is 2. The highest BCUT2D eigenvalue weighted by molar-refractivity contribution is 6.30. The summed E-state index contributed by atoms with van der Waals surface area (Å²) in [6.07, 6.45) is 1.43. The molecule has 0 spiro atoms.